The van der Waals surface area contributed by atoms with Crippen LogP contribution in [-0.2, 0) is 16.0 Å². The standard InChI is InChI=1S/C23H32FN3O2/c1-3-16(2)13-26-14-19-20(15-26)23(25-22(19)29)8-10-27(11-9-23)21(28)12-17-4-6-18(24)7-5-17/h4-7,16,19-20H,3,8-15H2,1-2H3,(H,25,29)/t16?,19-,20+/m1/s1. The molecule has 1 unspecified atom stereocenters. The van der Waals surface area contributed by atoms with E-state index in [9.17, 15) is 14.0 Å². The zero-order chi connectivity index (χ0) is 20.6. The molecular formula is C23H32FN3O2. The molecule has 1 aromatic carbocycles. The molecule has 1 N–H and O–H groups in total. The second-order valence-corrected chi connectivity index (χ2v) is 9.27. The molecule has 5 nitrogen and oxygen atoms in total. The van der Waals surface area contributed by atoms with Crippen LogP contribution < -0.4 is 5.32 Å². The van der Waals surface area contributed by atoms with Gasteiger partial charge in [-0.05, 0) is 36.5 Å². The molecule has 0 radical (unpaired) electrons. The van der Waals surface area contributed by atoms with Crippen molar-refractivity contribution in [2.45, 2.75) is 45.1 Å². The molecule has 4 rings (SSSR count). The number of nitrogens with zero attached hydrogens (tertiary/aromatic N) is 2. The normalized spacial score (nSPS) is 27.1. The van der Waals surface area contributed by atoms with E-state index in [2.05, 4.69) is 24.1 Å². The van der Waals surface area contributed by atoms with E-state index in [-0.39, 0.29) is 29.1 Å². The second kappa shape index (κ2) is 8.05. The van der Waals surface area contributed by atoms with Crippen molar-refractivity contribution in [3.63, 3.8) is 0 Å². The molecule has 6 heteroatoms. The first-order valence-corrected chi connectivity index (χ1v) is 11.0. The zero-order valence-corrected chi connectivity index (χ0v) is 17.5. The molecule has 0 aromatic heterocycles. The van der Waals surface area contributed by atoms with Crippen molar-refractivity contribution in [1.29, 1.82) is 0 Å². The Hall–Kier alpha value is -1.95. The number of fused-ring (bicyclic) bond motifs is 2. The van der Waals surface area contributed by atoms with Crippen LogP contribution >= 0.6 is 0 Å². The second-order valence-electron chi connectivity index (χ2n) is 9.27. The van der Waals surface area contributed by atoms with Gasteiger partial charge in [-0.25, -0.2) is 4.39 Å². The number of benzene rings is 1. The van der Waals surface area contributed by atoms with Crippen LogP contribution in [0.5, 0.6) is 0 Å². The van der Waals surface area contributed by atoms with Gasteiger partial charge >= 0.3 is 0 Å². The van der Waals surface area contributed by atoms with E-state index in [0.717, 1.165) is 44.5 Å². The number of piperidine rings is 1. The van der Waals surface area contributed by atoms with Gasteiger partial charge in [-0.1, -0.05) is 32.4 Å². The molecule has 158 valence electrons. The largest absolute Gasteiger partial charge is 0.350 e. The maximum atomic E-state index is 13.1. The van der Waals surface area contributed by atoms with Gasteiger partial charge in [0.15, 0.2) is 0 Å². The summed E-state index contributed by atoms with van der Waals surface area (Å²) < 4.78 is 13.1. The van der Waals surface area contributed by atoms with Gasteiger partial charge in [0, 0.05) is 44.2 Å². The molecule has 3 fully saturated rings. The van der Waals surface area contributed by atoms with E-state index in [1.54, 1.807) is 12.1 Å². The van der Waals surface area contributed by atoms with Crippen molar-refractivity contribution < 1.29 is 14.0 Å². The van der Waals surface area contributed by atoms with E-state index in [4.69, 9.17) is 0 Å². The molecule has 29 heavy (non-hydrogen) atoms. The molecule has 0 saturated carbocycles. The average Bonchev–Trinajstić information content (AvgIpc) is 3.23. The Labute approximate surface area is 172 Å². The van der Waals surface area contributed by atoms with Gasteiger partial charge in [0.1, 0.15) is 5.82 Å². The van der Waals surface area contributed by atoms with E-state index < -0.39 is 0 Å². The Morgan fingerprint density at radius 1 is 1.24 bits per heavy atom. The molecule has 1 spiro atoms. The molecule has 0 aliphatic carbocycles. The van der Waals surface area contributed by atoms with Gasteiger partial charge in [0.05, 0.1) is 12.3 Å². The number of carbonyl (C=O) groups excluding carboxylic acids is 2. The number of halogens is 1. The van der Waals surface area contributed by atoms with Gasteiger partial charge in [-0.15, -0.1) is 0 Å². The van der Waals surface area contributed by atoms with Crippen molar-refractivity contribution in [1.82, 2.24) is 15.1 Å². The lowest BCUT2D eigenvalue weighted by atomic mass is 9.75. The smallest absolute Gasteiger partial charge is 0.226 e. The Bertz CT molecular complexity index is 758. The third-order valence-electron chi connectivity index (χ3n) is 7.36. The van der Waals surface area contributed by atoms with Crippen molar-refractivity contribution in [3.8, 4) is 0 Å². The summed E-state index contributed by atoms with van der Waals surface area (Å²) in [6, 6.07) is 6.14. The highest BCUT2D eigenvalue weighted by Gasteiger charge is 2.57. The van der Waals surface area contributed by atoms with Gasteiger partial charge in [0.2, 0.25) is 11.8 Å². The monoisotopic (exact) mass is 401 g/mol. The van der Waals surface area contributed by atoms with Gasteiger partial charge in [-0.2, -0.15) is 0 Å². The Morgan fingerprint density at radius 2 is 1.93 bits per heavy atom. The maximum Gasteiger partial charge on any atom is 0.226 e. The van der Waals surface area contributed by atoms with Crippen LogP contribution in [0.2, 0.25) is 0 Å². The summed E-state index contributed by atoms with van der Waals surface area (Å²) in [7, 11) is 0. The topological polar surface area (TPSA) is 52.7 Å². The lowest BCUT2D eigenvalue weighted by molar-refractivity contribution is -0.132. The average molecular weight is 402 g/mol. The summed E-state index contributed by atoms with van der Waals surface area (Å²) in [5.74, 6) is 1.10. The van der Waals surface area contributed by atoms with Crippen LogP contribution in [0.25, 0.3) is 0 Å². The van der Waals surface area contributed by atoms with Crippen LogP contribution in [0.15, 0.2) is 24.3 Å². The van der Waals surface area contributed by atoms with E-state index >= 15 is 0 Å². The summed E-state index contributed by atoms with van der Waals surface area (Å²) >= 11 is 0. The van der Waals surface area contributed by atoms with Gasteiger partial charge < -0.3 is 15.1 Å². The highest BCUT2D eigenvalue weighted by atomic mass is 19.1. The van der Waals surface area contributed by atoms with E-state index in [1.165, 1.54) is 12.1 Å². The SMILES string of the molecule is CCC(C)CN1C[C@H]2C(=O)NC3(CCN(C(=O)Cc4ccc(F)cc4)CC3)[C@H]2C1. The number of hydrogen-bond donors (Lipinski definition) is 1. The maximum absolute atomic E-state index is 13.1. The third-order valence-corrected chi connectivity index (χ3v) is 7.36. The molecule has 3 aliphatic rings. The number of amides is 2. The third kappa shape index (κ3) is 4.04. The molecular weight excluding hydrogens is 369 g/mol. The van der Waals surface area contributed by atoms with Crippen molar-refractivity contribution in [3.05, 3.63) is 35.6 Å². The van der Waals surface area contributed by atoms with Crippen LogP contribution in [-0.4, -0.2) is 59.9 Å². The van der Waals surface area contributed by atoms with Crippen LogP contribution in [0.4, 0.5) is 4.39 Å². The number of likely N-dealkylation sites (tertiary alicyclic amines) is 2. The first kappa shape index (κ1) is 20.3. The lowest BCUT2D eigenvalue weighted by Gasteiger charge is -2.43. The van der Waals surface area contributed by atoms with Crippen molar-refractivity contribution >= 4 is 11.8 Å². The predicted molar refractivity (Wildman–Crippen MR) is 110 cm³/mol. The van der Waals surface area contributed by atoms with Crippen LogP contribution in [0, 0.1) is 23.6 Å². The number of nitrogens with one attached hydrogen (secondary N) is 1. The van der Waals surface area contributed by atoms with E-state index in [1.807, 2.05) is 4.90 Å². The first-order chi connectivity index (χ1) is 13.9. The van der Waals surface area contributed by atoms with Crippen molar-refractivity contribution in [2.24, 2.45) is 17.8 Å². The molecule has 3 heterocycles. The van der Waals surface area contributed by atoms with E-state index in [0.29, 0.717) is 31.3 Å². The van der Waals surface area contributed by atoms with Crippen LogP contribution in [0.3, 0.4) is 0 Å². The number of hydrogen-bond acceptors (Lipinski definition) is 3. The lowest BCUT2D eigenvalue weighted by Crippen LogP contribution is -2.56. The summed E-state index contributed by atoms with van der Waals surface area (Å²) in [6.07, 6.45) is 3.11. The fourth-order valence-corrected chi connectivity index (χ4v) is 5.40. The van der Waals surface area contributed by atoms with Crippen molar-refractivity contribution in [2.75, 3.05) is 32.7 Å². The molecule has 2 amide bonds. The Morgan fingerprint density at radius 3 is 2.59 bits per heavy atom. The van der Waals surface area contributed by atoms with Gasteiger partial charge in [0.25, 0.3) is 0 Å². The summed E-state index contributed by atoms with van der Waals surface area (Å²) in [6.45, 7) is 8.76. The summed E-state index contributed by atoms with van der Waals surface area (Å²) in [4.78, 5) is 29.7. The summed E-state index contributed by atoms with van der Waals surface area (Å²) in [5, 5.41) is 3.33. The molecule has 0 bridgehead atoms. The zero-order valence-electron chi connectivity index (χ0n) is 17.5. The Kier molecular flexibility index (Phi) is 5.65. The molecule has 3 saturated heterocycles. The molecule has 3 aliphatic heterocycles. The fraction of sp³-hybridized carbons (Fsp3) is 0.652. The highest BCUT2D eigenvalue weighted by molar-refractivity contribution is 5.84. The number of carbonyl (C=O) groups is 2. The minimum Gasteiger partial charge on any atom is -0.350 e. The fourth-order valence-electron chi connectivity index (χ4n) is 5.40. The van der Waals surface area contributed by atoms with Gasteiger partial charge in [-0.3, -0.25) is 9.59 Å². The highest BCUT2D eigenvalue weighted by Crippen LogP contribution is 2.44. The number of rotatable bonds is 5. The predicted octanol–water partition coefficient (Wildman–Crippen LogP) is 2.45. The minimum absolute atomic E-state index is 0.0807. The summed E-state index contributed by atoms with van der Waals surface area (Å²) in [5.41, 5.74) is 0.681. The quantitative estimate of drug-likeness (QED) is 0.825. The minimum atomic E-state index is -0.286. The molecule has 1 aromatic rings. The van der Waals surface area contributed by atoms with Crippen LogP contribution in [0.1, 0.15) is 38.7 Å². The molecule has 3 atom stereocenters. The Balaban J connectivity index is 1.36. The first-order valence-electron chi connectivity index (χ1n) is 11.0.